The first-order valence-electron chi connectivity index (χ1n) is 6.03. The maximum atomic E-state index is 12.6. The first-order chi connectivity index (χ1) is 9.62. The van der Waals surface area contributed by atoms with Crippen molar-refractivity contribution in [3.63, 3.8) is 0 Å². The Morgan fingerprint density at radius 1 is 1.43 bits per heavy atom. The molecule has 0 aliphatic heterocycles. The van der Waals surface area contributed by atoms with Crippen molar-refractivity contribution in [2.45, 2.75) is 31.7 Å². The van der Waals surface area contributed by atoms with Crippen LogP contribution in [-0.2, 0) is 11.0 Å². The molecule has 1 heterocycles. The predicted molar refractivity (Wildman–Crippen MR) is 66.3 cm³/mol. The van der Waals surface area contributed by atoms with Gasteiger partial charge >= 0.3 is 6.18 Å². The van der Waals surface area contributed by atoms with E-state index in [9.17, 15) is 33.0 Å². The summed E-state index contributed by atoms with van der Waals surface area (Å²) in [5.41, 5.74) is -3.04. The van der Waals surface area contributed by atoms with E-state index >= 15 is 0 Å². The van der Waals surface area contributed by atoms with Gasteiger partial charge in [-0.25, -0.2) is 0 Å². The average molecular weight is 308 g/mol. The van der Waals surface area contributed by atoms with E-state index in [2.05, 4.69) is 5.32 Å². The van der Waals surface area contributed by atoms with E-state index in [0.29, 0.717) is 6.07 Å². The van der Waals surface area contributed by atoms with Crippen LogP contribution < -0.4 is 10.9 Å². The van der Waals surface area contributed by atoms with Gasteiger partial charge in [0.1, 0.15) is 11.7 Å². The number of halogens is 3. The molecule has 1 aromatic heterocycles. The van der Waals surface area contributed by atoms with Gasteiger partial charge in [0.05, 0.1) is 6.10 Å². The highest BCUT2D eigenvalue weighted by molar-refractivity contribution is 5.72. The summed E-state index contributed by atoms with van der Waals surface area (Å²) >= 11 is 0. The molecule has 1 rings (SSSR count). The Kier molecular flexibility index (Phi) is 5.50. The summed E-state index contributed by atoms with van der Waals surface area (Å²) in [5, 5.41) is 21.8. The summed E-state index contributed by atoms with van der Waals surface area (Å²) in [6.45, 7) is 1.32. The Bertz CT molecular complexity index is 556. The second-order valence-corrected chi connectivity index (χ2v) is 4.46. The van der Waals surface area contributed by atoms with Crippen molar-refractivity contribution in [1.29, 1.82) is 0 Å². The zero-order valence-corrected chi connectivity index (χ0v) is 11.1. The van der Waals surface area contributed by atoms with Gasteiger partial charge in [-0.2, -0.15) is 13.2 Å². The molecule has 9 heteroatoms. The largest absolute Gasteiger partial charge is 0.421 e. The molecule has 0 saturated heterocycles. The van der Waals surface area contributed by atoms with Gasteiger partial charge < -0.3 is 20.5 Å². The zero-order valence-electron chi connectivity index (χ0n) is 11.1. The molecular formula is C12H15F3N2O4. The number of rotatable bonds is 5. The van der Waals surface area contributed by atoms with E-state index in [1.165, 1.54) is 6.92 Å². The standard InChI is InChI=1S/C12H15F3N2O4/c1-6(18)16-3-2-9(19)10(20)7-4-8(12(13,14)15)11(21)17-5-7/h4-5,9-10,19-20H,2-3H2,1H3,(H,16,18)(H,17,21). The van der Waals surface area contributed by atoms with E-state index < -0.39 is 29.5 Å². The summed E-state index contributed by atoms with van der Waals surface area (Å²) in [6.07, 6.45) is -7.00. The molecule has 1 amide bonds. The molecule has 1 aromatic rings. The molecule has 0 saturated carbocycles. The van der Waals surface area contributed by atoms with E-state index in [1.807, 2.05) is 4.98 Å². The number of carbonyl (C=O) groups is 1. The molecule has 0 spiro atoms. The number of aliphatic hydroxyl groups is 2. The maximum Gasteiger partial charge on any atom is 0.421 e. The van der Waals surface area contributed by atoms with E-state index in [1.54, 1.807) is 0 Å². The van der Waals surface area contributed by atoms with Crippen LogP contribution >= 0.6 is 0 Å². The third kappa shape index (κ3) is 4.87. The molecule has 0 aliphatic carbocycles. The van der Waals surface area contributed by atoms with Crippen LogP contribution in [0, 0.1) is 0 Å². The summed E-state index contributed by atoms with van der Waals surface area (Å²) in [4.78, 5) is 23.6. The van der Waals surface area contributed by atoms with E-state index in [0.717, 1.165) is 6.20 Å². The van der Waals surface area contributed by atoms with Crippen LogP contribution in [0.25, 0.3) is 0 Å². The minimum atomic E-state index is -4.86. The topological polar surface area (TPSA) is 102 Å². The lowest BCUT2D eigenvalue weighted by atomic mass is 10.0. The molecule has 0 aliphatic rings. The van der Waals surface area contributed by atoms with Gasteiger partial charge in [0.25, 0.3) is 5.56 Å². The Hall–Kier alpha value is -1.87. The third-order valence-electron chi connectivity index (χ3n) is 2.75. The summed E-state index contributed by atoms with van der Waals surface area (Å²) in [6, 6.07) is 0.491. The molecule has 4 N–H and O–H groups in total. The molecule has 0 radical (unpaired) electrons. The molecule has 21 heavy (non-hydrogen) atoms. The number of aromatic amines is 1. The zero-order chi connectivity index (χ0) is 16.2. The van der Waals surface area contributed by atoms with Crippen molar-refractivity contribution in [3.8, 4) is 0 Å². The number of aromatic nitrogens is 1. The second-order valence-electron chi connectivity index (χ2n) is 4.46. The van der Waals surface area contributed by atoms with Crippen LogP contribution in [0.15, 0.2) is 17.1 Å². The molecule has 0 fully saturated rings. The van der Waals surface area contributed by atoms with Crippen LogP contribution in [0.5, 0.6) is 0 Å². The van der Waals surface area contributed by atoms with Crippen LogP contribution in [-0.4, -0.2) is 33.8 Å². The molecule has 2 atom stereocenters. The SMILES string of the molecule is CC(=O)NCCC(O)C(O)c1c[nH]c(=O)c(C(F)(F)F)c1. The Morgan fingerprint density at radius 3 is 2.57 bits per heavy atom. The van der Waals surface area contributed by atoms with Crippen LogP contribution in [0.1, 0.15) is 30.6 Å². The van der Waals surface area contributed by atoms with Crippen molar-refractivity contribution in [3.05, 3.63) is 33.7 Å². The molecule has 118 valence electrons. The summed E-state index contributed by atoms with van der Waals surface area (Å²) in [7, 11) is 0. The first-order valence-corrected chi connectivity index (χ1v) is 6.03. The van der Waals surface area contributed by atoms with Crippen molar-refractivity contribution in [2.75, 3.05) is 6.54 Å². The summed E-state index contributed by atoms with van der Waals surface area (Å²) in [5.74, 6) is -0.333. The van der Waals surface area contributed by atoms with E-state index in [4.69, 9.17) is 0 Å². The number of amides is 1. The minimum absolute atomic E-state index is 0.0543. The average Bonchev–Trinajstić information content (AvgIpc) is 2.36. The Morgan fingerprint density at radius 2 is 2.05 bits per heavy atom. The second kappa shape index (κ2) is 6.72. The first kappa shape index (κ1) is 17.2. The predicted octanol–water partition coefficient (Wildman–Crippen LogP) is 0.314. The monoisotopic (exact) mass is 308 g/mol. The van der Waals surface area contributed by atoms with Gasteiger partial charge in [0.15, 0.2) is 0 Å². The number of nitrogens with one attached hydrogen (secondary N) is 2. The number of H-pyrrole nitrogens is 1. The maximum absolute atomic E-state index is 12.6. The minimum Gasteiger partial charge on any atom is -0.390 e. The fraction of sp³-hybridized carbons (Fsp3) is 0.500. The van der Waals surface area contributed by atoms with Gasteiger partial charge in [-0.1, -0.05) is 0 Å². The Balaban J connectivity index is 2.85. The van der Waals surface area contributed by atoms with Crippen LogP contribution in [0.2, 0.25) is 0 Å². The molecule has 0 bridgehead atoms. The summed E-state index contributed by atoms with van der Waals surface area (Å²) < 4.78 is 37.7. The van der Waals surface area contributed by atoms with Gasteiger partial charge in [-0.15, -0.1) is 0 Å². The number of pyridine rings is 1. The fourth-order valence-corrected chi connectivity index (χ4v) is 1.66. The number of aliphatic hydroxyl groups excluding tert-OH is 2. The van der Waals surface area contributed by atoms with Crippen LogP contribution in [0.3, 0.4) is 0 Å². The fourth-order valence-electron chi connectivity index (χ4n) is 1.66. The van der Waals surface area contributed by atoms with Crippen molar-refractivity contribution in [1.82, 2.24) is 10.3 Å². The van der Waals surface area contributed by atoms with Gasteiger partial charge in [0.2, 0.25) is 5.91 Å². The number of alkyl halides is 3. The van der Waals surface area contributed by atoms with E-state index in [-0.39, 0.29) is 24.4 Å². The quantitative estimate of drug-likeness (QED) is 0.629. The highest BCUT2D eigenvalue weighted by Gasteiger charge is 2.35. The lowest BCUT2D eigenvalue weighted by Crippen LogP contribution is -2.28. The molecule has 0 aromatic carbocycles. The number of hydrogen-bond donors (Lipinski definition) is 4. The Labute approximate surface area is 117 Å². The van der Waals surface area contributed by atoms with Crippen LogP contribution in [0.4, 0.5) is 13.2 Å². The highest BCUT2D eigenvalue weighted by atomic mass is 19.4. The lowest BCUT2D eigenvalue weighted by molar-refractivity contribution is -0.138. The van der Waals surface area contributed by atoms with Gasteiger partial charge in [0, 0.05) is 19.7 Å². The van der Waals surface area contributed by atoms with Crippen molar-refractivity contribution < 1.29 is 28.2 Å². The number of carbonyl (C=O) groups excluding carboxylic acids is 1. The van der Waals surface area contributed by atoms with Crippen molar-refractivity contribution >= 4 is 5.91 Å². The van der Waals surface area contributed by atoms with Gasteiger partial charge in [-0.3, -0.25) is 9.59 Å². The third-order valence-corrected chi connectivity index (χ3v) is 2.75. The van der Waals surface area contributed by atoms with Gasteiger partial charge in [-0.05, 0) is 18.1 Å². The normalized spacial score (nSPS) is 14.6. The highest BCUT2D eigenvalue weighted by Crippen LogP contribution is 2.28. The smallest absolute Gasteiger partial charge is 0.390 e. The number of hydrogen-bond acceptors (Lipinski definition) is 4. The molecular weight excluding hydrogens is 293 g/mol. The lowest BCUT2D eigenvalue weighted by Gasteiger charge is -2.19. The molecule has 6 nitrogen and oxygen atoms in total. The van der Waals surface area contributed by atoms with Crippen molar-refractivity contribution in [2.24, 2.45) is 0 Å². The molecule has 2 unspecified atom stereocenters.